The maximum atomic E-state index is 12.4. The third-order valence-corrected chi connectivity index (χ3v) is 5.14. The van der Waals surface area contributed by atoms with E-state index in [1.165, 1.54) is 0 Å². The van der Waals surface area contributed by atoms with Crippen molar-refractivity contribution in [2.75, 3.05) is 18.9 Å². The van der Waals surface area contributed by atoms with Crippen molar-refractivity contribution in [3.8, 4) is 11.3 Å². The summed E-state index contributed by atoms with van der Waals surface area (Å²) in [6.07, 6.45) is 2.85. The summed E-state index contributed by atoms with van der Waals surface area (Å²) in [6.45, 7) is 0.869. The molecule has 1 aromatic heterocycles. The molecule has 0 saturated carbocycles. The summed E-state index contributed by atoms with van der Waals surface area (Å²) in [5.41, 5.74) is 9.47. The van der Waals surface area contributed by atoms with E-state index < -0.39 is 6.10 Å². The Morgan fingerprint density at radius 1 is 1.20 bits per heavy atom. The van der Waals surface area contributed by atoms with E-state index in [-0.39, 0.29) is 18.6 Å². The summed E-state index contributed by atoms with van der Waals surface area (Å²) in [5, 5.41) is 12.9. The maximum Gasteiger partial charge on any atom is 0.251 e. The second kappa shape index (κ2) is 9.02. The molecule has 154 valence electrons. The molecule has 0 aliphatic carbocycles. The topological polar surface area (TPSA) is 110 Å². The minimum atomic E-state index is -0.758. The average molecular weight is 404 g/mol. The molecule has 0 unspecified atom stereocenters. The summed E-state index contributed by atoms with van der Waals surface area (Å²) >= 11 is 0. The Morgan fingerprint density at radius 3 is 2.63 bits per heavy atom. The molecule has 1 aliphatic heterocycles. The van der Waals surface area contributed by atoms with Gasteiger partial charge in [-0.15, -0.1) is 0 Å². The fourth-order valence-electron chi connectivity index (χ4n) is 3.47. The van der Waals surface area contributed by atoms with Crippen LogP contribution in [0.25, 0.3) is 11.3 Å². The van der Waals surface area contributed by atoms with E-state index in [0.717, 1.165) is 36.3 Å². The molecular formula is C23H24N4O3. The van der Waals surface area contributed by atoms with Crippen LogP contribution in [0.4, 0.5) is 5.82 Å². The molecule has 2 atom stereocenters. The zero-order chi connectivity index (χ0) is 20.9. The van der Waals surface area contributed by atoms with Gasteiger partial charge in [0, 0.05) is 24.3 Å². The van der Waals surface area contributed by atoms with Crippen LogP contribution in [0.5, 0.6) is 0 Å². The Balaban J connectivity index is 1.40. The first-order chi connectivity index (χ1) is 14.6. The number of carbonyl (C=O) groups is 1. The van der Waals surface area contributed by atoms with Gasteiger partial charge in [0.15, 0.2) is 0 Å². The molecule has 0 bridgehead atoms. The highest BCUT2D eigenvalue weighted by Crippen LogP contribution is 2.29. The fourth-order valence-corrected chi connectivity index (χ4v) is 3.47. The molecule has 1 aliphatic rings. The molecule has 30 heavy (non-hydrogen) atoms. The zero-order valence-electron chi connectivity index (χ0n) is 16.5. The number of aliphatic hydroxyl groups excluding tert-OH is 1. The van der Waals surface area contributed by atoms with Gasteiger partial charge in [-0.1, -0.05) is 42.5 Å². The number of nitrogens with zero attached hydrogens (tertiary/aromatic N) is 2. The van der Waals surface area contributed by atoms with Crippen molar-refractivity contribution in [3.63, 3.8) is 0 Å². The normalized spacial score (nSPS) is 16.9. The van der Waals surface area contributed by atoms with Crippen molar-refractivity contribution >= 4 is 11.7 Å². The first-order valence-corrected chi connectivity index (χ1v) is 9.97. The van der Waals surface area contributed by atoms with Crippen molar-refractivity contribution in [2.24, 2.45) is 0 Å². The number of ether oxygens (including phenoxy) is 1. The smallest absolute Gasteiger partial charge is 0.251 e. The molecule has 2 heterocycles. The summed E-state index contributed by atoms with van der Waals surface area (Å²) in [4.78, 5) is 21.3. The van der Waals surface area contributed by atoms with Gasteiger partial charge in [0.1, 0.15) is 17.6 Å². The van der Waals surface area contributed by atoms with Gasteiger partial charge >= 0.3 is 0 Å². The molecule has 1 amide bonds. The molecule has 4 N–H and O–H groups in total. The number of nitrogen functional groups attached to an aromatic ring is 1. The van der Waals surface area contributed by atoms with E-state index in [2.05, 4.69) is 15.3 Å². The second-order valence-electron chi connectivity index (χ2n) is 7.24. The summed E-state index contributed by atoms with van der Waals surface area (Å²) in [6, 6.07) is 16.2. The first kappa shape index (κ1) is 20.0. The summed E-state index contributed by atoms with van der Waals surface area (Å²) in [7, 11) is 0. The minimum absolute atomic E-state index is 0.0360. The Labute approximate surface area is 174 Å². The summed E-state index contributed by atoms with van der Waals surface area (Å²) < 4.78 is 5.63. The number of rotatable bonds is 6. The van der Waals surface area contributed by atoms with Crippen LogP contribution >= 0.6 is 0 Å². The lowest BCUT2D eigenvalue weighted by Gasteiger charge is -2.13. The number of aromatic nitrogens is 2. The quantitative estimate of drug-likeness (QED) is 0.582. The van der Waals surface area contributed by atoms with Crippen LogP contribution in [-0.4, -0.2) is 34.1 Å². The van der Waals surface area contributed by atoms with Crippen molar-refractivity contribution in [1.82, 2.24) is 15.3 Å². The van der Waals surface area contributed by atoms with E-state index in [0.29, 0.717) is 17.1 Å². The highest BCUT2D eigenvalue weighted by Gasteiger charge is 2.21. The average Bonchev–Trinajstić information content (AvgIpc) is 3.33. The fraction of sp³-hybridized carbons (Fsp3) is 0.261. The van der Waals surface area contributed by atoms with Gasteiger partial charge in [0.25, 0.3) is 5.91 Å². The predicted molar refractivity (Wildman–Crippen MR) is 114 cm³/mol. The number of carbonyl (C=O) groups excluding carboxylic acids is 1. The molecule has 7 heteroatoms. The SMILES string of the molecule is Nc1nc([C@H]2CCCO2)cnc1-c1ccc(C(=O)NC[C@@H](O)c2ccccc2)cc1. The molecule has 1 fully saturated rings. The Hall–Kier alpha value is -3.29. The third-order valence-electron chi connectivity index (χ3n) is 5.14. The lowest BCUT2D eigenvalue weighted by molar-refractivity contribution is 0.0916. The van der Waals surface area contributed by atoms with E-state index in [4.69, 9.17) is 10.5 Å². The predicted octanol–water partition coefficient (Wildman–Crippen LogP) is 3.04. The van der Waals surface area contributed by atoms with Crippen LogP contribution in [0, 0.1) is 0 Å². The molecule has 0 radical (unpaired) electrons. The van der Waals surface area contributed by atoms with Gasteiger partial charge in [-0.2, -0.15) is 0 Å². The minimum Gasteiger partial charge on any atom is -0.387 e. The molecule has 4 rings (SSSR count). The number of hydrogen-bond acceptors (Lipinski definition) is 6. The van der Waals surface area contributed by atoms with E-state index in [9.17, 15) is 9.90 Å². The van der Waals surface area contributed by atoms with Crippen LogP contribution in [0.3, 0.4) is 0 Å². The molecular weight excluding hydrogens is 380 g/mol. The second-order valence-corrected chi connectivity index (χ2v) is 7.24. The molecule has 1 saturated heterocycles. The Bertz CT molecular complexity index is 1000. The number of amides is 1. The number of hydrogen-bond donors (Lipinski definition) is 3. The Kier molecular flexibility index (Phi) is 6.02. The molecule has 0 spiro atoms. The van der Waals surface area contributed by atoms with Crippen LogP contribution in [0.1, 0.15) is 46.7 Å². The van der Waals surface area contributed by atoms with Gasteiger partial charge < -0.3 is 20.9 Å². The van der Waals surface area contributed by atoms with E-state index >= 15 is 0 Å². The Morgan fingerprint density at radius 2 is 1.97 bits per heavy atom. The zero-order valence-corrected chi connectivity index (χ0v) is 16.5. The van der Waals surface area contributed by atoms with E-state index in [1.54, 1.807) is 30.5 Å². The number of aliphatic hydroxyl groups is 1. The van der Waals surface area contributed by atoms with Crippen LogP contribution in [-0.2, 0) is 4.74 Å². The molecule has 7 nitrogen and oxygen atoms in total. The lowest BCUT2D eigenvalue weighted by Crippen LogP contribution is -2.28. The third kappa shape index (κ3) is 4.48. The number of benzene rings is 2. The number of nitrogens with one attached hydrogen (secondary N) is 1. The van der Waals surface area contributed by atoms with Crippen LogP contribution < -0.4 is 11.1 Å². The van der Waals surface area contributed by atoms with Gasteiger partial charge in [-0.05, 0) is 30.5 Å². The first-order valence-electron chi connectivity index (χ1n) is 9.97. The monoisotopic (exact) mass is 404 g/mol. The van der Waals surface area contributed by atoms with Crippen molar-refractivity contribution in [2.45, 2.75) is 25.0 Å². The van der Waals surface area contributed by atoms with Crippen molar-refractivity contribution in [3.05, 3.63) is 77.6 Å². The van der Waals surface area contributed by atoms with Crippen molar-refractivity contribution in [1.29, 1.82) is 0 Å². The van der Waals surface area contributed by atoms with Crippen LogP contribution in [0.2, 0.25) is 0 Å². The highest BCUT2D eigenvalue weighted by molar-refractivity contribution is 5.94. The van der Waals surface area contributed by atoms with Gasteiger partial charge in [0.2, 0.25) is 0 Å². The molecule has 2 aromatic carbocycles. The van der Waals surface area contributed by atoms with Gasteiger partial charge in [0.05, 0.1) is 18.0 Å². The van der Waals surface area contributed by atoms with Gasteiger partial charge in [-0.25, -0.2) is 4.98 Å². The number of anilines is 1. The highest BCUT2D eigenvalue weighted by atomic mass is 16.5. The number of nitrogens with two attached hydrogens (primary N) is 1. The maximum absolute atomic E-state index is 12.4. The summed E-state index contributed by atoms with van der Waals surface area (Å²) in [5.74, 6) is 0.0792. The standard InChI is InChI=1S/C23H24N4O3/c24-22-21(25-13-18(27-22)20-7-4-12-30-20)16-8-10-17(11-9-16)23(29)26-14-19(28)15-5-2-1-3-6-15/h1-3,5-6,8-11,13,19-20,28H,4,7,12,14H2,(H2,24,27)(H,26,29)/t19-,20-/m1/s1. The molecule has 3 aromatic rings. The van der Waals surface area contributed by atoms with Crippen LogP contribution in [0.15, 0.2) is 60.8 Å². The van der Waals surface area contributed by atoms with Gasteiger partial charge in [-0.3, -0.25) is 9.78 Å². The largest absolute Gasteiger partial charge is 0.387 e. The lowest BCUT2D eigenvalue weighted by atomic mass is 10.1. The van der Waals surface area contributed by atoms with Crippen molar-refractivity contribution < 1.29 is 14.6 Å². The van der Waals surface area contributed by atoms with E-state index in [1.807, 2.05) is 30.3 Å².